The summed E-state index contributed by atoms with van der Waals surface area (Å²) in [6.07, 6.45) is 6.45. The zero-order valence-electron chi connectivity index (χ0n) is 15.0. The minimum Gasteiger partial charge on any atom is -0.389 e. The Morgan fingerprint density at radius 3 is 2.64 bits per heavy atom. The lowest BCUT2D eigenvalue weighted by Gasteiger charge is -2.39. The van der Waals surface area contributed by atoms with E-state index in [9.17, 15) is 5.11 Å². The second kappa shape index (κ2) is 6.07. The van der Waals surface area contributed by atoms with Gasteiger partial charge in [0, 0.05) is 13.1 Å². The predicted molar refractivity (Wildman–Crippen MR) is 89.8 cm³/mol. The third-order valence-corrected chi connectivity index (χ3v) is 7.41. The van der Waals surface area contributed by atoms with Crippen molar-refractivity contribution in [2.45, 2.75) is 72.0 Å². The van der Waals surface area contributed by atoms with Gasteiger partial charge in [-0.1, -0.05) is 27.7 Å². The highest BCUT2D eigenvalue weighted by Crippen LogP contribution is 2.66. The van der Waals surface area contributed by atoms with Gasteiger partial charge in [-0.05, 0) is 61.3 Å². The molecular formula is C19H35NO2. The molecule has 2 aliphatic carbocycles. The fourth-order valence-corrected chi connectivity index (χ4v) is 5.41. The monoisotopic (exact) mass is 309 g/mol. The maximum atomic E-state index is 10.4. The summed E-state index contributed by atoms with van der Waals surface area (Å²) in [7, 11) is 0. The molecule has 0 aromatic carbocycles. The van der Waals surface area contributed by atoms with E-state index in [0.29, 0.717) is 23.5 Å². The summed E-state index contributed by atoms with van der Waals surface area (Å²) in [5.74, 6) is 1.58. The predicted octanol–water partition coefficient (Wildman–Crippen LogP) is 3.31. The van der Waals surface area contributed by atoms with E-state index in [1.807, 2.05) is 0 Å². The molecule has 1 heterocycles. The SMILES string of the molecule is CC1CCCN(CC(O)COC2CC3CCC2(C)C3(C)C)C1. The molecule has 3 heteroatoms. The fraction of sp³-hybridized carbons (Fsp3) is 1.00. The van der Waals surface area contributed by atoms with Crippen LogP contribution >= 0.6 is 0 Å². The maximum Gasteiger partial charge on any atom is 0.0900 e. The molecule has 128 valence electrons. The van der Waals surface area contributed by atoms with Gasteiger partial charge in [-0.25, -0.2) is 0 Å². The van der Waals surface area contributed by atoms with Crippen molar-refractivity contribution in [3.63, 3.8) is 0 Å². The third kappa shape index (κ3) is 2.85. The van der Waals surface area contributed by atoms with E-state index >= 15 is 0 Å². The number of hydrogen-bond acceptors (Lipinski definition) is 3. The Morgan fingerprint density at radius 2 is 2.05 bits per heavy atom. The van der Waals surface area contributed by atoms with Crippen molar-refractivity contribution in [3.05, 3.63) is 0 Å². The summed E-state index contributed by atoms with van der Waals surface area (Å²) in [5.41, 5.74) is 0.696. The summed E-state index contributed by atoms with van der Waals surface area (Å²) >= 11 is 0. The van der Waals surface area contributed by atoms with Crippen LogP contribution in [0.3, 0.4) is 0 Å². The number of nitrogens with zero attached hydrogens (tertiary/aromatic N) is 1. The van der Waals surface area contributed by atoms with Crippen LogP contribution in [0, 0.1) is 22.7 Å². The lowest BCUT2D eigenvalue weighted by atomic mass is 9.70. The van der Waals surface area contributed by atoms with Crippen LogP contribution in [-0.2, 0) is 4.74 Å². The summed E-state index contributed by atoms with van der Waals surface area (Å²) in [5, 5.41) is 10.4. The molecule has 1 N–H and O–H groups in total. The van der Waals surface area contributed by atoms with Gasteiger partial charge in [0.05, 0.1) is 18.8 Å². The average molecular weight is 309 g/mol. The highest BCUT2D eigenvalue weighted by atomic mass is 16.5. The van der Waals surface area contributed by atoms with Gasteiger partial charge in [0.2, 0.25) is 0 Å². The van der Waals surface area contributed by atoms with E-state index in [1.165, 1.54) is 32.1 Å². The number of rotatable bonds is 5. The molecule has 1 aliphatic heterocycles. The first-order chi connectivity index (χ1) is 10.3. The minimum atomic E-state index is -0.337. The molecular weight excluding hydrogens is 274 g/mol. The van der Waals surface area contributed by atoms with Crippen LogP contribution in [0.2, 0.25) is 0 Å². The fourth-order valence-electron chi connectivity index (χ4n) is 5.41. The normalized spacial score (nSPS) is 42.7. The first kappa shape index (κ1) is 16.7. The van der Waals surface area contributed by atoms with Crippen molar-refractivity contribution in [2.24, 2.45) is 22.7 Å². The molecule has 3 aliphatic rings. The van der Waals surface area contributed by atoms with Gasteiger partial charge in [0.15, 0.2) is 0 Å². The zero-order chi connectivity index (χ0) is 16.0. The van der Waals surface area contributed by atoms with Gasteiger partial charge < -0.3 is 14.7 Å². The largest absolute Gasteiger partial charge is 0.389 e. The van der Waals surface area contributed by atoms with Gasteiger partial charge in [-0.2, -0.15) is 0 Å². The van der Waals surface area contributed by atoms with Crippen LogP contribution in [0.15, 0.2) is 0 Å². The molecule has 2 saturated carbocycles. The van der Waals surface area contributed by atoms with Crippen LogP contribution in [0.4, 0.5) is 0 Å². The number of aliphatic hydroxyl groups is 1. The molecule has 0 spiro atoms. The summed E-state index contributed by atoms with van der Waals surface area (Å²) in [6, 6.07) is 0. The van der Waals surface area contributed by atoms with Crippen molar-refractivity contribution in [3.8, 4) is 0 Å². The van der Waals surface area contributed by atoms with Crippen LogP contribution in [0.1, 0.15) is 59.8 Å². The third-order valence-electron chi connectivity index (χ3n) is 7.41. The van der Waals surface area contributed by atoms with Crippen LogP contribution < -0.4 is 0 Å². The van der Waals surface area contributed by atoms with Crippen molar-refractivity contribution in [2.75, 3.05) is 26.2 Å². The molecule has 0 aromatic rings. The molecule has 0 aromatic heterocycles. The Kier molecular flexibility index (Phi) is 4.61. The van der Waals surface area contributed by atoms with Crippen LogP contribution in [0.25, 0.3) is 0 Å². The molecule has 3 fully saturated rings. The topological polar surface area (TPSA) is 32.7 Å². The highest BCUT2D eigenvalue weighted by Gasteiger charge is 2.61. The zero-order valence-corrected chi connectivity index (χ0v) is 15.0. The van der Waals surface area contributed by atoms with E-state index in [1.54, 1.807) is 0 Å². The molecule has 0 radical (unpaired) electrons. The highest BCUT2D eigenvalue weighted by molar-refractivity contribution is 5.11. The van der Waals surface area contributed by atoms with E-state index in [0.717, 1.165) is 31.5 Å². The van der Waals surface area contributed by atoms with Gasteiger partial charge in [-0.3, -0.25) is 0 Å². The van der Waals surface area contributed by atoms with E-state index in [-0.39, 0.29) is 6.10 Å². The standard InChI is InChI=1S/C19H35NO2/c1-14-6-5-9-20(11-14)12-16(21)13-22-17-10-15-7-8-19(17,4)18(15,2)3/h14-17,21H,5-13H2,1-4H3. The van der Waals surface area contributed by atoms with Crippen molar-refractivity contribution in [1.29, 1.82) is 0 Å². The van der Waals surface area contributed by atoms with Crippen LogP contribution in [0.5, 0.6) is 0 Å². The number of fused-ring (bicyclic) bond motifs is 2. The van der Waals surface area contributed by atoms with Gasteiger partial charge in [0.1, 0.15) is 0 Å². The summed E-state index contributed by atoms with van der Waals surface area (Å²) in [6.45, 7) is 13.1. The Morgan fingerprint density at radius 1 is 1.27 bits per heavy atom. The van der Waals surface area contributed by atoms with E-state index in [2.05, 4.69) is 32.6 Å². The average Bonchev–Trinajstić information content (AvgIpc) is 2.78. The number of hydrogen-bond donors (Lipinski definition) is 1. The number of piperidine rings is 1. The lowest BCUT2D eigenvalue weighted by molar-refractivity contribution is -0.0804. The lowest BCUT2D eigenvalue weighted by Crippen LogP contribution is -2.43. The summed E-state index contributed by atoms with van der Waals surface area (Å²) in [4.78, 5) is 2.41. The minimum absolute atomic E-state index is 0.303. The number of ether oxygens (including phenoxy) is 1. The number of aliphatic hydroxyl groups excluding tert-OH is 1. The van der Waals surface area contributed by atoms with Crippen molar-refractivity contribution >= 4 is 0 Å². The molecule has 0 amide bonds. The molecule has 1 saturated heterocycles. The van der Waals surface area contributed by atoms with E-state index < -0.39 is 0 Å². The second-order valence-electron chi connectivity index (χ2n) is 9.09. The van der Waals surface area contributed by atoms with Gasteiger partial charge in [-0.15, -0.1) is 0 Å². The first-order valence-electron chi connectivity index (χ1n) is 9.35. The summed E-state index contributed by atoms with van der Waals surface area (Å²) < 4.78 is 6.23. The maximum absolute atomic E-state index is 10.4. The Hall–Kier alpha value is -0.120. The molecule has 22 heavy (non-hydrogen) atoms. The Labute approximate surface area is 136 Å². The Balaban J connectivity index is 1.47. The van der Waals surface area contributed by atoms with E-state index in [4.69, 9.17) is 4.74 Å². The Bertz CT molecular complexity index is 397. The van der Waals surface area contributed by atoms with Crippen molar-refractivity contribution < 1.29 is 9.84 Å². The molecule has 2 bridgehead atoms. The van der Waals surface area contributed by atoms with Crippen molar-refractivity contribution in [1.82, 2.24) is 4.90 Å². The van der Waals surface area contributed by atoms with Gasteiger partial charge >= 0.3 is 0 Å². The number of likely N-dealkylation sites (tertiary alicyclic amines) is 1. The smallest absolute Gasteiger partial charge is 0.0900 e. The molecule has 3 nitrogen and oxygen atoms in total. The first-order valence-corrected chi connectivity index (χ1v) is 9.35. The number of β-amino-alcohol motifs (C(OH)–C–C–N with tert-alkyl or cyclic N) is 1. The molecule has 3 rings (SSSR count). The molecule has 5 unspecified atom stereocenters. The second-order valence-corrected chi connectivity index (χ2v) is 9.09. The van der Waals surface area contributed by atoms with Crippen LogP contribution in [-0.4, -0.2) is 48.5 Å². The quantitative estimate of drug-likeness (QED) is 0.846. The van der Waals surface area contributed by atoms with Gasteiger partial charge in [0.25, 0.3) is 0 Å². The molecule has 5 atom stereocenters.